The van der Waals surface area contributed by atoms with Gasteiger partial charge in [-0.3, -0.25) is 9.69 Å². The molecule has 0 spiro atoms. The number of ether oxygens (including phenoxy) is 2. The summed E-state index contributed by atoms with van der Waals surface area (Å²) in [5, 5.41) is 9.44. The Kier molecular flexibility index (Phi) is 7.63. The van der Waals surface area contributed by atoms with Crippen molar-refractivity contribution in [3.05, 3.63) is 92.1 Å². The van der Waals surface area contributed by atoms with Crippen LogP contribution >= 0.6 is 47.2 Å². The topological polar surface area (TPSA) is 62.6 Å². The van der Waals surface area contributed by atoms with Crippen molar-refractivity contribution in [1.29, 1.82) is 5.26 Å². The number of nitrogens with zero attached hydrogens (tertiary/aromatic N) is 2. The van der Waals surface area contributed by atoms with E-state index < -0.39 is 5.82 Å². The normalized spacial score (nSPS) is 14.4. The second-order valence-corrected chi connectivity index (χ2v) is 9.70. The van der Waals surface area contributed by atoms with E-state index in [9.17, 15) is 14.4 Å². The van der Waals surface area contributed by atoms with Crippen LogP contribution < -0.4 is 14.4 Å². The van der Waals surface area contributed by atoms with Crippen LogP contribution in [0.2, 0.25) is 10.0 Å². The van der Waals surface area contributed by atoms with Gasteiger partial charge in [-0.15, -0.1) is 0 Å². The average Bonchev–Trinajstić information content (AvgIpc) is 3.12. The predicted octanol–water partition coefficient (Wildman–Crippen LogP) is 7.00. The number of nitriles is 1. The number of methoxy groups -OCH3 is 1. The maximum atomic E-state index is 13.5. The van der Waals surface area contributed by atoms with Crippen LogP contribution in [0.5, 0.6) is 11.5 Å². The lowest BCUT2D eigenvalue weighted by Crippen LogP contribution is -2.27. The predicted molar refractivity (Wildman–Crippen MR) is 141 cm³/mol. The van der Waals surface area contributed by atoms with E-state index in [1.54, 1.807) is 36.4 Å². The number of carbonyl (C=O) groups is 1. The molecule has 176 valence electrons. The van der Waals surface area contributed by atoms with E-state index in [4.69, 9.17) is 44.9 Å². The van der Waals surface area contributed by atoms with E-state index >= 15 is 0 Å². The van der Waals surface area contributed by atoms with Crippen LogP contribution in [0, 0.1) is 17.1 Å². The second kappa shape index (κ2) is 10.7. The van der Waals surface area contributed by atoms with Crippen molar-refractivity contribution in [2.75, 3.05) is 12.0 Å². The monoisotopic (exact) mass is 544 g/mol. The van der Waals surface area contributed by atoms with Crippen LogP contribution in [0.25, 0.3) is 6.08 Å². The number of thioether (sulfide) groups is 1. The van der Waals surface area contributed by atoms with Crippen molar-refractivity contribution in [3.8, 4) is 17.6 Å². The van der Waals surface area contributed by atoms with Crippen molar-refractivity contribution in [1.82, 2.24) is 0 Å². The third-order valence-corrected chi connectivity index (χ3v) is 6.89. The number of halogens is 3. The van der Waals surface area contributed by atoms with E-state index in [1.807, 2.05) is 6.07 Å². The SMILES string of the molecule is COc1cc(/C=C2\SC(=S)N(c3ccc(F)c(Cl)c3)C2=O)cc(Cl)c1OCc1ccccc1C#N. The highest BCUT2D eigenvalue weighted by Gasteiger charge is 2.33. The van der Waals surface area contributed by atoms with E-state index in [0.717, 1.165) is 11.8 Å². The number of hydrogen-bond donors (Lipinski definition) is 0. The zero-order valence-electron chi connectivity index (χ0n) is 18.1. The fourth-order valence-electron chi connectivity index (χ4n) is 3.33. The standard InChI is InChI=1S/C25H15Cl2FN2O3S2/c1-32-21-9-14(8-19(27)23(21)33-13-16-5-3-2-4-15(16)12-29)10-22-24(31)30(25(34)35-22)17-6-7-20(28)18(26)11-17/h2-11H,13H2,1H3/b22-10-. The first-order valence-electron chi connectivity index (χ1n) is 10.0. The summed E-state index contributed by atoms with van der Waals surface area (Å²) in [6.07, 6.45) is 1.63. The number of thiocarbonyl (C=S) groups is 1. The summed E-state index contributed by atoms with van der Waals surface area (Å²) >= 11 is 18.8. The minimum atomic E-state index is -0.587. The lowest BCUT2D eigenvalue weighted by molar-refractivity contribution is -0.113. The summed E-state index contributed by atoms with van der Waals surface area (Å²) in [7, 11) is 1.48. The molecule has 1 saturated heterocycles. The van der Waals surface area contributed by atoms with Crippen LogP contribution in [0.3, 0.4) is 0 Å². The minimum Gasteiger partial charge on any atom is -0.493 e. The Hall–Kier alpha value is -3.09. The van der Waals surface area contributed by atoms with Crippen LogP contribution in [0.15, 0.2) is 59.5 Å². The van der Waals surface area contributed by atoms with Gasteiger partial charge in [0.25, 0.3) is 5.91 Å². The third kappa shape index (κ3) is 5.29. The fourth-order valence-corrected chi connectivity index (χ4v) is 5.08. The van der Waals surface area contributed by atoms with Gasteiger partial charge in [0.05, 0.1) is 39.4 Å². The van der Waals surface area contributed by atoms with Gasteiger partial charge in [0.2, 0.25) is 0 Å². The van der Waals surface area contributed by atoms with Gasteiger partial charge in [-0.2, -0.15) is 5.26 Å². The first-order chi connectivity index (χ1) is 16.8. The molecule has 10 heteroatoms. The zero-order chi connectivity index (χ0) is 25.1. The molecule has 0 unspecified atom stereocenters. The van der Waals surface area contributed by atoms with Crippen molar-refractivity contribution in [2.24, 2.45) is 0 Å². The molecule has 1 amide bonds. The summed E-state index contributed by atoms with van der Waals surface area (Å²) in [5.41, 5.74) is 2.18. The number of benzene rings is 3. The summed E-state index contributed by atoms with van der Waals surface area (Å²) < 4.78 is 25.2. The molecular formula is C25H15Cl2FN2O3S2. The molecule has 0 aromatic heterocycles. The molecule has 0 radical (unpaired) electrons. The van der Waals surface area contributed by atoms with Gasteiger partial charge in [-0.1, -0.05) is 65.4 Å². The quantitative estimate of drug-likeness (QED) is 0.246. The molecule has 3 aromatic rings. The van der Waals surface area contributed by atoms with Crippen molar-refractivity contribution in [3.63, 3.8) is 0 Å². The number of amides is 1. The number of carbonyl (C=O) groups excluding carboxylic acids is 1. The van der Waals surface area contributed by atoms with Gasteiger partial charge < -0.3 is 9.47 Å². The Morgan fingerprint density at radius 3 is 2.66 bits per heavy atom. The molecule has 0 aliphatic carbocycles. The van der Waals surface area contributed by atoms with Crippen molar-refractivity contribution >= 4 is 69.2 Å². The van der Waals surface area contributed by atoms with E-state index in [1.165, 1.54) is 30.2 Å². The lowest BCUT2D eigenvalue weighted by atomic mass is 10.1. The Labute approximate surface area is 220 Å². The maximum absolute atomic E-state index is 13.5. The molecule has 1 aliphatic heterocycles. The molecule has 0 N–H and O–H groups in total. The second-order valence-electron chi connectivity index (χ2n) is 7.21. The molecule has 3 aromatic carbocycles. The summed E-state index contributed by atoms with van der Waals surface area (Å²) in [6.45, 7) is 0.123. The molecule has 4 rings (SSSR count). The molecule has 1 fully saturated rings. The van der Waals surface area contributed by atoms with E-state index in [2.05, 4.69) is 6.07 Å². The Morgan fingerprint density at radius 1 is 1.17 bits per heavy atom. The highest BCUT2D eigenvalue weighted by molar-refractivity contribution is 8.27. The zero-order valence-corrected chi connectivity index (χ0v) is 21.2. The highest BCUT2D eigenvalue weighted by atomic mass is 35.5. The third-order valence-electron chi connectivity index (χ3n) is 5.01. The summed E-state index contributed by atoms with van der Waals surface area (Å²) in [5.74, 6) is -0.283. The van der Waals surface area contributed by atoms with E-state index in [-0.39, 0.29) is 26.9 Å². The van der Waals surface area contributed by atoms with Gasteiger partial charge in [-0.25, -0.2) is 4.39 Å². The molecule has 0 bridgehead atoms. The first-order valence-corrected chi connectivity index (χ1v) is 12.0. The molecule has 0 saturated carbocycles. The molecular weight excluding hydrogens is 530 g/mol. The van der Waals surface area contributed by atoms with Crippen LogP contribution in [-0.2, 0) is 11.4 Å². The van der Waals surface area contributed by atoms with Gasteiger partial charge in [0.1, 0.15) is 12.4 Å². The van der Waals surface area contributed by atoms with Crippen molar-refractivity contribution in [2.45, 2.75) is 6.61 Å². The molecule has 35 heavy (non-hydrogen) atoms. The van der Waals surface area contributed by atoms with Gasteiger partial charge >= 0.3 is 0 Å². The smallest absolute Gasteiger partial charge is 0.270 e. The number of hydrogen-bond acceptors (Lipinski definition) is 6. The Morgan fingerprint density at radius 2 is 1.94 bits per heavy atom. The maximum Gasteiger partial charge on any atom is 0.270 e. The molecule has 0 atom stereocenters. The van der Waals surface area contributed by atoms with Gasteiger partial charge in [0, 0.05) is 5.56 Å². The van der Waals surface area contributed by atoms with Crippen LogP contribution in [0.4, 0.5) is 10.1 Å². The Balaban J connectivity index is 1.60. The van der Waals surface area contributed by atoms with Gasteiger partial charge in [0.15, 0.2) is 15.8 Å². The minimum absolute atomic E-state index is 0.106. The molecule has 1 aliphatic rings. The van der Waals surface area contributed by atoms with E-state index in [0.29, 0.717) is 38.8 Å². The highest BCUT2D eigenvalue weighted by Crippen LogP contribution is 2.40. The lowest BCUT2D eigenvalue weighted by Gasteiger charge is -2.15. The summed E-state index contributed by atoms with van der Waals surface area (Å²) in [4.78, 5) is 14.7. The molecule has 1 heterocycles. The number of rotatable bonds is 6. The van der Waals surface area contributed by atoms with Crippen LogP contribution in [0.1, 0.15) is 16.7 Å². The average molecular weight is 545 g/mol. The first kappa shape index (κ1) is 25.0. The molecule has 5 nitrogen and oxygen atoms in total. The summed E-state index contributed by atoms with van der Waals surface area (Å²) in [6, 6.07) is 16.5. The largest absolute Gasteiger partial charge is 0.493 e. The fraction of sp³-hybridized carbons (Fsp3) is 0.0800. The Bertz CT molecular complexity index is 1420. The van der Waals surface area contributed by atoms with Crippen LogP contribution in [-0.4, -0.2) is 17.3 Å². The van der Waals surface area contributed by atoms with Gasteiger partial charge in [-0.05, 0) is 48.0 Å². The van der Waals surface area contributed by atoms with Crippen molar-refractivity contribution < 1.29 is 18.7 Å². The number of anilines is 1.